The Hall–Kier alpha value is 1.77. The molecule has 0 aromatic rings. The summed E-state index contributed by atoms with van der Waals surface area (Å²) < 4.78 is 0. The Bertz CT molecular complexity index is 69.6. The molecular weight excluding hydrogens is 538 g/mol. The van der Waals surface area contributed by atoms with Crippen molar-refractivity contribution in [3.05, 3.63) is 0 Å². The summed E-state index contributed by atoms with van der Waals surface area (Å²) in [4.78, 5) is 0. The van der Waals surface area contributed by atoms with Gasteiger partial charge in [-0.05, 0) is 11.8 Å². The molecule has 12 heavy (non-hydrogen) atoms. The molecule has 0 aliphatic rings. The minimum absolute atomic E-state index is 0. The summed E-state index contributed by atoms with van der Waals surface area (Å²) in [7, 11) is 0. The van der Waals surface area contributed by atoms with E-state index in [1.165, 1.54) is 32.1 Å². The van der Waals surface area contributed by atoms with E-state index in [-0.39, 0.29) is 52.4 Å². The van der Waals surface area contributed by atoms with Gasteiger partial charge in [0.15, 0.2) is 0 Å². The van der Waals surface area contributed by atoms with Crippen LogP contribution in [0.4, 0.5) is 0 Å². The third kappa shape index (κ3) is 6.25. The Morgan fingerprint density at radius 1 is 0.750 bits per heavy atom. The summed E-state index contributed by atoms with van der Waals surface area (Å²) in [5, 5.41) is 0. The third-order valence-corrected chi connectivity index (χ3v) is 3.03. The fraction of sp³-hybridized carbons (Fsp3) is 1.00. The zero-order chi connectivity index (χ0) is 8.04. The molecule has 0 amide bonds. The van der Waals surface area contributed by atoms with Gasteiger partial charge in [-0.15, -0.1) is 0 Å². The van der Waals surface area contributed by atoms with Crippen molar-refractivity contribution in [2.45, 2.75) is 59.8 Å². The molecule has 78 valence electrons. The van der Waals surface area contributed by atoms with E-state index >= 15 is 0 Å². The van der Waals surface area contributed by atoms with Crippen LogP contribution >= 0.6 is 0 Å². The molecule has 0 heterocycles. The van der Waals surface area contributed by atoms with Crippen LogP contribution in [0.3, 0.4) is 0 Å². The Balaban J connectivity index is -0.000000405. The third-order valence-electron chi connectivity index (χ3n) is 3.03. The van der Waals surface area contributed by atoms with Crippen molar-refractivity contribution in [3.63, 3.8) is 0 Å². The second-order valence-electron chi connectivity index (χ2n) is 3.31. The fourth-order valence-electron chi connectivity index (χ4n) is 1.81. The molecule has 0 rings (SSSR count). The molecule has 0 atom stereocenters. The molecule has 0 spiro atoms. The number of hydrogen-bond acceptors (Lipinski definition) is 0. The van der Waals surface area contributed by atoms with Crippen molar-refractivity contribution in [1.82, 2.24) is 0 Å². The molecule has 0 unspecified atom stereocenters. The van der Waals surface area contributed by atoms with Crippen LogP contribution in [0, 0.1) is 5.41 Å². The summed E-state index contributed by atoms with van der Waals surface area (Å²) >= 11 is 0. The monoisotopic (exact) mass is 566 g/mol. The summed E-state index contributed by atoms with van der Waals surface area (Å²) in [6.07, 6.45) is 6.82. The average Bonchev–Trinajstić information content (AvgIpc) is 2.01. The topological polar surface area (TPSA) is 0 Å². The first-order chi connectivity index (χ1) is 4.74. The van der Waals surface area contributed by atoms with E-state index in [0.29, 0.717) is 5.41 Å². The van der Waals surface area contributed by atoms with Gasteiger partial charge in [0.05, 0.1) is 0 Å². The second kappa shape index (κ2) is 10.8. The van der Waals surface area contributed by atoms with Crippen molar-refractivity contribution < 1.29 is 0 Å². The molecule has 0 aromatic heterocycles. The van der Waals surface area contributed by atoms with Crippen LogP contribution in [-0.4, -0.2) is 52.4 Å². The Labute approximate surface area is 117 Å². The van der Waals surface area contributed by atoms with Gasteiger partial charge in [-0.25, -0.2) is 0 Å². The van der Waals surface area contributed by atoms with Crippen LogP contribution in [0.1, 0.15) is 59.8 Å². The van der Waals surface area contributed by atoms with E-state index in [2.05, 4.69) is 27.7 Å². The summed E-state index contributed by atoms with van der Waals surface area (Å²) in [5.41, 5.74) is 0.675. The van der Waals surface area contributed by atoms with Crippen LogP contribution in [0.25, 0.3) is 0 Å². The standard InChI is InChI=1S/C10H22.2Bi.6H/c1-5-9-10(6-2,7-3)8-4;;;;;;;;/h5-9H2,1-4H3;;;;;;;;. The van der Waals surface area contributed by atoms with E-state index in [0.717, 1.165) is 0 Å². The Morgan fingerprint density at radius 3 is 1.17 bits per heavy atom. The molecule has 0 aromatic carbocycles. The molecule has 0 bridgehead atoms. The second-order valence-corrected chi connectivity index (χ2v) is 3.31. The molecule has 0 saturated heterocycles. The van der Waals surface area contributed by atoms with E-state index < -0.39 is 0 Å². The normalized spacial score (nSPS) is 10.0. The Morgan fingerprint density at radius 2 is 1.08 bits per heavy atom. The van der Waals surface area contributed by atoms with Gasteiger partial charge in [0.2, 0.25) is 0 Å². The van der Waals surface area contributed by atoms with Gasteiger partial charge in [0.25, 0.3) is 0 Å². The SMILES string of the molecule is CCCC(CC)(CC)CC.[BiH3].[BiH3]. The predicted molar refractivity (Wildman–Crippen MR) is 68.1 cm³/mol. The zero-order valence-corrected chi connectivity index (χ0v) is 20.4. The average molecular weight is 566 g/mol. The summed E-state index contributed by atoms with van der Waals surface area (Å²) in [6.45, 7) is 9.25. The van der Waals surface area contributed by atoms with E-state index in [1.54, 1.807) is 0 Å². The van der Waals surface area contributed by atoms with Crippen molar-refractivity contribution in [2.75, 3.05) is 0 Å². The first kappa shape index (κ1) is 19.4. The van der Waals surface area contributed by atoms with Crippen LogP contribution < -0.4 is 0 Å². The van der Waals surface area contributed by atoms with Crippen molar-refractivity contribution >= 4 is 52.4 Å². The van der Waals surface area contributed by atoms with Crippen LogP contribution in [-0.2, 0) is 0 Å². The van der Waals surface area contributed by atoms with Crippen LogP contribution in [0.2, 0.25) is 0 Å². The van der Waals surface area contributed by atoms with Crippen LogP contribution in [0.5, 0.6) is 0 Å². The molecular formula is C10H28Bi2. The molecule has 0 fully saturated rings. The molecule has 0 saturated carbocycles. The van der Waals surface area contributed by atoms with Gasteiger partial charge in [-0.3, -0.25) is 0 Å². The first-order valence-electron chi connectivity index (χ1n) is 4.74. The van der Waals surface area contributed by atoms with Gasteiger partial charge in [-0.2, -0.15) is 0 Å². The van der Waals surface area contributed by atoms with E-state index in [9.17, 15) is 0 Å². The maximum atomic E-state index is 2.32. The summed E-state index contributed by atoms with van der Waals surface area (Å²) in [6, 6.07) is 0. The van der Waals surface area contributed by atoms with Crippen molar-refractivity contribution in [2.24, 2.45) is 5.41 Å². The molecule has 0 nitrogen and oxygen atoms in total. The predicted octanol–water partition coefficient (Wildman–Crippen LogP) is 1.64. The van der Waals surface area contributed by atoms with E-state index in [1.807, 2.05) is 0 Å². The quantitative estimate of drug-likeness (QED) is 0.445. The van der Waals surface area contributed by atoms with Gasteiger partial charge >= 0.3 is 52.4 Å². The molecule has 0 aliphatic heterocycles. The minimum atomic E-state index is 0. The summed E-state index contributed by atoms with van der Waals surface area (Å²) in [5.74, 6) is 0. The zero-order valence-electron chi connectivity index (χ0n) is 9.45. The van der Waals surface area contributed by atoms with Crippen molar-refractivity contribution in [1.29, 1.82) is 0 Å². The molecule has 0 N–H and O–H groups in total. The van der Waals surface area contributed by atoms with E-state index in [4.69, 9.17) is 0 Å². The van der Waals surface area contributed by atoms with Gasteiger partial charge < -0.3 is 0 Å². The van der Waals surface area contributed by atoms with Crippen molar-refractivity contribution in [3.8, 4) is 0 Å². The maximum absolute atomic E-state index is 2.32. The fourth-order valence-corrected chi connectivity index (χ4v) is 1.81. The Kier molecular flexibility index (Phi) is 17.5. The first-order valence-corrected chi connectivity index (χ1v) is 4.74. The molecule has 2 heteroatoms. The van der Waals surface area contributed by atoms with Gasteiger partial charge in [0.1, 0.15) is 0 Å². The number of hydrogen-bond donors (Lipinski definition) is 0. The van der Waals surface area contributed by atoms with Gasteiger partial charge in [0, 0.05) is 0 Å². The molecule has 0 aliphatic carbocycles. The number of rotatable bonds is 5. The molecule has 0 radical (unpaired) electrons. The van der Waals surface area contributed by atoms with Crippen LogP contribution in [0.15, 0.2) is 0 Å². The van der Waals surface area contributed by atoms with Gasteiger partial charge in [-0.1, -0.05) is 53.4 Å².